The molecule has 0 aliphatic carbocycles. The lowest BCUT2D eigenvalue weighted by Gasteiger charge is -2.38. The summed E-state index contributed by atoms with van der Waals surface area (Å²) < 4.78 is 66.1. The van der Waals surface area contributed by atoms with Crippen LogP contribution < -0.4 is 15.6 Å². The second-order valence-electron chi connectivity index (χ2n) is 7.67. The molecule has 0 bridgehead atoms. The molecule has 2 N–H and O–H groups in total. The third kappa shape index (κ3) is 4.39. The van der Waals surface area contributed by atoms with E-state index in [0.29, 0.717) is 43.2 Å². The molecule has 166 valence electrons. The van der Waals surface area contributed by atoms with Gasteiger partial charge in [-0.25, -0.2) is 9.82 Å². The summed E-state index contributed by atoms with van der Waals surface area (Å²) in [5.41, 5.74) is 5.43. The normalized spacial score (nSPS) is 25.8. The number of morpholine rings is 1. The van der Waals surface area contributed by atoms with Crippen LogP contribution in [0.25, 0.3) is 0 Å². The molecule has 3 heterocycles. The zero-order chi connectivity index (χ0) is 21.3. The molecule has 3 aliphatic heterocycles. The van der Waals surface area contributed by atoms with E-state index in [4.69, 9.17) is 9.47 Å². The first-order chi connectivity index (χ1) is 14.3. The van der Waals surface area contributed by atoms with Gasteiger partial charge in [0.25, 0.3) is 0 Å². The second kappa shape index (κ2) is 8.66. The van der Waals surface area contributed by atoms with Crippen LogP contribution in [0.5, 0.6) is 5.75 Å². The van der Waals surface area contributed by atoms with Gasteiger partial charge in [-0.05, 0) is 12.1 Å². The van der Waals surface area contributed by atoms with Crippen molar-refractivity contribution in [2.45, 2.75) is 25.3 Å². The average molecular weight is 432 g/mol. The summed E-state index contributed by atoms with van der Waals surface area (Å²) >= 11 is 0. The topological polar surface area (TPSA) is 66.1 Å². The molecule has 11 heteroatoms. The van der Waals surface area contributed by atoms with Gasteiger partial charge < -0.3 is 9.47 Å². The van der Waals surface area contributed by atoms with Gasteiger partial charge in [-0.2, -0.15) is 13.2 Å². The van der Waals surface area contributed by atoms with Gasteiger partial charge in [0.1, 0.15) is 18.2 Å². The highest BCUT2D eigenvalue weighted by Gasteiger charge is 2.53. The van der Waals surface area contributed by atoms with E-state index < -0.39 is 29.9 Å². The van der Waals surface area contributed by atoms with Crippen molar-refractivity contribution in [3.8, 4) is 5.75 Å². The number of carbonyl (C=O) groups excluding carboxylic acids is 1. The minimum atomic E-state index is -4.69. The number of nitrogens with one attached hydrogen (secondary N) is 2. The van der Waals surface area contributed by atoms with Crippen LogP contribution in [0, 0.1) is 11.7 Å². The van der Waals surface area contributed by atoms with E-state index in [1.54, 1.807) is 0 Å². The van der Waals surface area contributed by atoms with E-state index in [1.807, 2.05) is 5.43 Å². The smallest absolute Gasteiger partial charge is 0.402 e. The van der Waals surface area contributed by atoms with E-state index in [0.717, 1.165) is 13.1 Å². The molecule has 0 radical (unpaired) electrons. The molecule has 2 unspecified atom stereocenters. The molecule has 1 aromatic carbocycles. The fourth-order valence-corrected chi connectivity index (χ4v) is 4.25. The standard InChI is InChI=1S/C19H24F4N4O3/c20-14-1-2-16(30-8-5-26-3-6-29-7-4-26)13-11-27(10-12(13)14)15-9-24-25-18(28)17(15)19(21,22)23/h1-2,15,17,24H,3-11H2,(H,25,28). The maximum Gasteiger partial charge on any atom is 0.402 e. The highest BCUT2D eigenvalue weighted by Crippen LogP contribution is 2.39. The van der Waals surface area contributed by atoms with Crippen molar-refractivity contribution < 1.29 is 31.8 Å². The minimum Gasteiger partial charge on any atom is -0.492 e. The van der Waals surface area contributed by atoms with Crippen molar-refractivity contribution >= 4 is 5.91 Å². The highest BCUT2D eigenvalue weighted by molar-refractivity contribution is 5.80. The summed E-state index contributed by atoms with van der Waals surface area (Å²) in [5.74, 6) is -3.32. The van der Waals surface area contributed by atoms with Crippen LogP contribution in [0.1, 0.15) is 11.1 Å². The Hall–Kier alpha value is -1.95. The Labute approximate surface area is 171 Å². The maximum absolute atomic E-state index is 14.4. The minimum absolute atomic E-state index is 0.00592. The number of hydrazine groups is 1. The van der Waals surface area contributed by atoms with E-state index in [1.165, 1.54) is 17.0 Å². The second-order valence-corrected chi connectivity index (χ2v) is 7.67. The summed E-state index contributed by atoms with van der Waals surface area (Å²) in [6.45, 7) is 4.04. The quantitative estimate of drug-likeness (QED) is 0.678. The van der Waals surface area contributed by atoms with Crippen LogP contribution in [0.2, 0.25) is 0 Å². The Kier molecular flexibility index (Phi) is 6.14. The first-order valence-electron chi connectivity index (χ1n) is 9.91. The number of hydrogen-bond donors (Lipinski definition) is 2. The van der Waals surface area contributed by atoms with Crippen molar-refractivity contribution in [2.24, 2.45) is 5.92 Å². The molecule has 2 saturated heterocycles. The van der Waals surface area contributed by atoms with Gasteiger partial charge in [0.05, 0.1) is 13.2 Å². The molecule has 0 spiro atoms. The van der Waals surface area contributed by atoms with Crippen molar-refractivity contribution in [1.82, 2.24) is 20.7 Å². The van der Waals surface area contributed by atoms with Crippen LogP contribution in [0.4, 0.5) is 17.6 Å². The summed E-state index contributed by atoms with van der Waals surface area (Å²) in [5, 5.41) is 0. The lowest BCUT2D eigenvalue weighted by Crippen LogP contribution is -2.63. The van der Waals surface area contributed by atoms with E-state index in [2.05, 4.69) is 10.3 Å². The van der Waals surface area contributed by atoms with Crippen molar-refractivity contribution in [3.63, 3.8) is 0 Å². The van der Waals surface area contributed by atoms with Gasteiger partial charge in [0.2, 0.25) is 5.91 Å². The van der Waals surface area contributed by atoms with E-state index in [9.17, 15) is 22.4 Å². The van der Waals surface area contributed by atoms with Gasteiger partial charge in [-0.15, -0.1) is 0 Å². The van der Waals surface area contributed by atoms with Crippen LogP contribution in [-0.4, -0.2) is 73.9 Å². The number of benzene rings is 1. The number of amides is 1. The SMILES string of the molecule is O=C1NNCC(N2Cc3c(F)ccc(OCCN4CCOCC4)c3C2)C1C(F)(F)F. The first kappa shape index (κ1) is 21.3. The zero-order valence-electron chi connectivity index (χ0n) is 16.3. The summed E-state index contributed by atoms with van der Waals surface area (Å²) in [6, 6.07) is 1.66. The lowest BCUT2D eigenvalue weighted by molar-refractivity contribution is -0.201. The number of carbonyl (C=O) groups is 1. The van der Waals surface area contributed by atoms with Crippen LogP contribution in [0.15, 0.2) is 12.1 Å². The highest BCUT2D eigenvalue weighted by atomic mass is 19.4. The Bertz CT molecular complexity index is 786. The molecular formula is C19H24F4N4O3. The van der Waals surface area contributed by atoms with Gasteiger partial charge >= 0.3 is 6.18 Å². The molecule has 7 nitrogen and oxygen atoms in total. The van der Waals surface area contributed by atoms with Crippen LogP contribution in [0.3, 0.4) is 0 Å². The number of alkyl halides is 3. The monoisotopic (exact) mass is 432 g/mol. The molecule has 1 aromatic rings. The van der Waals surface area contributed by atoms with Gasteiger partial charge in [-0.3, -0.25) is 20.0 Å². The fourth-order valence-electron chi connectivity index (χ4n) is 4.25. The predicted molar refractivity (Wildman–Crippen MR) is 97.9 cm³/mol. The molecule has 2 fully saturated rings. The molecule has 2 atom stereocenters. The maximum atomic E-state index is 14.4. The number of nitrogens with zero attached hydrogens (tertiary/aromatic N) is 2. The number of fused-ring (bicyclic) bond motifs is 1. The average Bonchev–Trinajstić information content (AvgIpc) is 3.16. The van der Waals surface area contributed by atoms with Crippen LogP contribution in [-0.2, 0) is 22.6 Å². The van der Waals surface area contributed by atoms with Gasteiger partial charge in [-0.1, -0.05) is 0 Å². The summed E-state index contributed by atoms with van der Waals surface area (Å²) in [4.78, 5) is 15.6. The molecule has 30 heavy (non-hydrogen) atoms. The van der Waals surface area contributed by atoms with E-state index in [-0.39, 0.29) is 19.6 Å². The number of halogens is 4. The first-order valence-corrected chi connectivity index (χ1v) is 9.91. The number of hydrogen-bond acceptors (Lipinski definition) is 6. The molecule has 0 aromatic heterocycles. The Morgan fingerprint density at radius 1 is 1.17 bits per heavy atom. The lowest BCUT2D eigenvalue weighted by atomic mass is 9.95. The Morgan fingerprint density at radius 2 is 1.90 bits per heavy atom. The number of rotatable bonds is 5. The molecular weight excluding hydrogens is 408 g/mol. The predicted octanol–water partition coefficient (Wildman–Crippen LogP) is 1.03. The summed E-state index contributed by atoms with van der Waals surface area (Å²) in [7, 11) is 0. The third-order valence-corrected chi connectivity index (χ3v) is 5.83. The molecule has 0 saturated carbocycles. The van der Waals surface area contributed by atoms with Crippen molar-refractivity contribution in [3.05, 3.63) is 29.1 Å². The molecule has 4 rings (SSSR count). The number of ether oxygens (including phenoxy) is 2. The Balaban J connectivity index is 1.46. The van der Waals surface area contributed by atoms with Gasteiger partial charge in [0.15, 0.2) is 5.92 Å². The van der Waals surface area contributed by atoms with E-state index >= 15 is 0 Å². The zero-order valence-corrected chi connectivity index (χ0v) is 16.3. The third-order valence-electron chi connectivity index (χ3n) is 5.83. The Morgan fingerprint density at radius 3 is 2.63 bits per heavy atom. The van der Waals surface area contributed by atoms with Crippen LogP contribution >= 0.6 is 0 Å². The largest absolute Gasteiger partial charge is 0.492 e. The van der Waals surface area contributed by atoms with Crippen molar-refractivity contribution in [1.29, 1.82) is 0 Å². The molecule has 3 aliphatic rings. The summed E-state index contributed by atoms with van der Waals surface area (Å²) in [6.07, 6.45) is -4.69. The van der Waals surface area contributed by atoms with Gasteiger partial charge in [0, 0.05) is 56.4 Å². The molecule has 1 amide bonds. The van der Waals surface area contributed by atoms with Crippen molar-refractivity contribution in [2.75, 3.05) is 46.0 Å². The fraction of sp³-hybridized carbons (Fsp3) is 0.632.